The Bertz CT molecular complexity index is 605. The van der Waals surface area contributed by atoms with E-state index in [9.17, 15) is 8.42 Å². The third-order valence-corrected chi connectivity index (χ3v) is 3.87. The lowest BCUT2D eigenvalue weighted by molar-refractivity contribution is 0.148. The van der Waals surface area contributed by atoms with Crippen molar-refractivity contribution in [2.75, 3.05) is 18.1 Å². The predicted octanol–water partition coefficient (Wildman–Crippen LogP) is 2.56. The van der Waals surface area contributed by atoms with E-state index >= 15 is 0 Å². The summed E-state index contributed by atoms with van der Waals surface area (Å²) in [5.41, 5.74) is 3.54. The molecular weight excluding hydrogens is 262 g/mol. The molecule has 0 fully saturated rings. The van der Waals surface area contributed by atoms with Crippen molar-refractivity contribution in [1.29, 1.82) is 0 Å². The van der Waals surface area contributed by atoms with Gasteiger partial charge in [-0.2, -0.15) is 0 Å². The number of hydrogen-bond acceptors (Lipinski definition) is 3. The Balaban J connectivity index is 2.49. The van der Waals surface area contributed by atoms with E-state index in [2.05, 4.69) is 10.8 Å². The number of hydrogen-bond donors (Lipinski definition) is 1. The minimum atomic E-state index is -3.29. The van der Waals surface area contributed by atoms with Gasteiger partial charge in [0.15, 0.2) is 0 Å². The third kappa shape index (κ3) is 3.16. The maximum absolute atomic E-state index is 11.5. The zero-order chi connectivity index (χ0) is 14.0. The number of para-hydroxylation sites is 1. The van der Waals surface area contributed by atoms with Crippen molar-refractivity contribution in [2.45, 2.75) is 25.9 Å². The Morgan fingerprint density at radius 1 is 1.37 bits per heavy atom. The summed E-state index contributed by atoms with van der Waals surface area (Å²) >= 11 is 0. The molecule has 19 heavy (non-hydrogen) atoms. The minimum Gasteiger partial charge on any atom is -0.377 e. The molecule has 1 aliphatic carbocycles. The van der Waals surface area contributed by atoms with E-state index in [-0.39, 0.29) is 6.10 Å². The number of benzene rings is 1. The largest absolute Gasteiger partial charge is 0.377 e. The molecular formula is C14H19NO3S. The Morgan fingerprint density at radius 3 is 2.74 bits per heavy atom. The van der Waals surface area contributed by atoms with E-state index in [1.165, 1.54) is 6.26 Å². The quantitative estimate of drug-likeness (QED) is 0.922. The van der Waals surface area contributed by atoms with Crippen molar-refractivity contribution in [1.82, 2.24) is 0 Å². The maximum Gasteiger partial charge on any atom is 0.229 e. The smallest absolute Gasteiger partial charge is 0.229 e. The first-order valence-electron chi connectivity index (χ1n) is 6.23. The first-order chi connectivity index (χ1) is 8.92. The Kier molecular flexibility index (Phi) is 3.96. The molecule has 1 aliphatic rings. The molecule has 0 aromatic heterocycles. The molecule has 1 atom stereocenters. The third-order valence-electron chi connectivity index (χ3n) is 3.30. The number of aryl methyl sites for hydroxylation is 1. The van der Waals surface area contributed by atoms with Crippen LogP contribution in [0.15, 0.2) is 24.3 Å². The first-order valence-corrected chi connectivity index (χ1v) is 8.12. The average Bonchev–Trinajstić information content (AvgIpc) is 2.78. The van der Waals surface area contributed by atoms with Crippen molar-refractivity contribution in [3.63, 3.8) is 0 Å². The van der Waals surface area contributed by atoms with Crippen LogP contribution in [0.3, 0.4) is 0 Å². The Labute approximate surface area is 114 Å². The van der Waals surface area contributed by atoms with Crippen LogP contribution < -0.4 is 4.72 Å². The van der Waals surface area contributed by atoms with Gasteiger partial charge in [0.05, 0.1) is 18.0 Å². The van der Waals surface area contributed by atoms with Crippen LogP contribution in [0.2, 0.25) is 0 Å². The van der Waals surface area contributed by atoms with Gasteiger partial charge in [-0.1, -0.05) is 24.3 Å². The second-order valence-electron chi connectivity index (χ2n) is 4.83. The fraction of sp³-hybridized carbons (Fsp3) is 0.429. The fourth-order valence-corrected chi connectivity index (χ4v) is 3.08. The predicted molar refractivity (Wildman–Crippen MR) is 77.7 cm³/mol. The lowest BCUT2D eigenvalue weighted by atomic mass is 9.99. The highest BCUT2D eigenvalue weighted by Crippen LogP contribution is 2.36. The molecule has 1 N–H and O–H groups in total. The van der Waals surface area contributed by atoms with Crippen molar-refractivity contribution in [3.05, 3.63) is 35.4 Å². The van der Waals surface area contributed by atoms with Crippen molar-refractivity contribution in [3.8, 4) is 0 Å². The van der Waals surface area contributed by atoms with E-state index in [1.54, 1.807) is 7.11 Å². The number of methoxy groups -OCH3 is 1. The topological polar surface area (TPSA) is 55.4 Å². The number of anilines is 1. The molecule has 0 radical (unpaired) electrons. The molecule has 0 saturated carbocycles. The summed E-state index contributed by atoms with van der Waals surface area (Å²) in [6.07, 6.45) is 5.23. The monoisotopic (exact) mass is 281 g/mol. The van der Waals surface area contributed by atoms with Gasteiger partial charge in [-0.05, 0) is 30.9 Å². The van der Waals surface area contributed by atoms with Crippen LogP contribution in [0.4, 0.5) is 5.69 Å². The van der Waals surface area contributed by atoms with E-state index < -0.39 is 10.0 Å². The molecule has 5 heteroatoms. The van der Waals surface area contributed by atoms with Crippen LogP contribution in [0.1, 0.15) is 24.0 Å². The van der Waals surface area contributed by atoms with Gasteiger partial charge in [-0.25, -0.2) is 8.42 Å². The van der Waals surface area contributed by atoms with Crippen molar-refractivity contribution < 1.29 is 13.2 Å². The highest BCUT2D eigenvalue weighted by molar-refractivity contribution is 7.92. The van der Waals surface area contributed by atoms with Crippen LogP contribution >= 0.6 is 0 Å². The maximum atomic E-state index is 11.5. The van der Waals surface area contributed by atoms with Crippen LogP contribution in [0, 0.1) is 6.92 Å². The normalized spacial score (nSPS) is 19.3. The summed E-state index contributed by atoms with van der Waals surface area (Å²) in [6, 6.07) is 5.77. The summed E-state index contributed by atoms with van der Waals surface area (Å²) in [5, 5.41) is 0. The zero-order valence-corrected chi connectivity index (χ0v) is 12.3. The molecule has 0 saturated heterocycles. The molecule has 1 unspecified atom stereocenters. The number of sulfonamides is 1. The summed E-state index contributed by atoms with van der Waals surface area (Å²) < 4.78 is 31.1. The van der Waals surface area contributed by atoms with Gasteiger partial charge in [0, 0.05) is 12.7 Å². The lowest BCUT2D eigenvalue weighted by Crippen LogP contribution is -2.15. The van der Waals surface area contributed by atoms with E-state index in [1.807, 2.05) is 25.1 Å². The minimum absolute atomic E-state index is 0.0434. The molecule has 0 aliphatic heterocycles. The molecule has 0 amide bonds. The second kappa shape index (κ2) is 5.35. The van der Waals surface area contributed by atoms with Crippen molar-refractivity contribution in [2.24, 2.45) is 0 Å². The summed E-state index contributed by atoms with van der Waals surface area (Å²) in [7, 11) is -1.61. The van der Waals surface area contributed by atoms with E-state index in [0.29, 0.717) is 5.69 Å². The molecule has 1 aromatic carbocycles. The van der Waals surface area contributed by atoms with Crippen LogP contribution in [-0.4, -0.2) is 27.9 Å². The number of nitrogens with one attached hydrogen (secondary N) is 1. The lowest BCUT2D eigenvalue weighted by Gasteiger charge is -2.18. The average molecular weight is 281 g/mol. The number of allylic oxidation sites excluding steroid dienone is 1. The highest BCUT2D eigenvalue weighted by Gasteiger charge is 2.23. The number of ether oxygens (including phenoxy) is 1. The van der Waals surface area contributed by atoms with Crippen LogP contribution in [0.25, 0.3) is 5.57 Å². The summed E-state index contributed by atoms with van der Waals surface area (Å²) in [6.45, 7) is 1.90. The first kappa shape index (κ1) is 14.1. The van der Waals surface area contributed by atoms with Gasteiger partial charge < -0.3 is 4.74 Å². The SMILES string of the molecule is COC1CCC=C1c1cccc(C)c1NS(C)(=O)=O. The molecule has 104 valence electrons. The summed E-state index contributed by atoms with van der Waals surface area (Å²) in [4.78, 5) is 0. The van der Waals surface area contributed by atoms with Gasteiger partial charge in [-0.3, -0.25) is 4.72 Å². The second-order valence-corrected chi connectivity index (χ2v) is 6.58. The van der Waals surface area contributed by atoms with Crippen LogP contribution in [-0.2, 0) is 14.8 Å². The standard InChI is InChI=1S/C14H19NO3S/c1-10-6-4-8-12(14(10)15-19(3,16)17)11-7-5-9-13(11)18-2/h4,6-8,13,15H,5,9H2,1-3H3. The van der Waals surface area contributed by atoms with E-state index in [4.69, 9.17) is 4.74 Å². The van der Waals surface area contributed by atoms with Gasteiger partial charge in [0.25, 0.3) is 0 Å². The molecule has 0 heterocycles. The molecule has 4 nitrogen and oxygen atoms in total. The van der Waals surface area contributed by atoms with E-state index in [0.717, 1.165) is 29.5 Å². The molecule has 1 aromatic rings. The molecule has 0 bridgehead atoms. The Hall–Kier alpha value is -1.33. The van der Waals surface area contributed by atoms with Gasteiger partial charge in [-0.15, -0.1) is 0 Å². The zero-order valence-electron chi connectivity index (χ0n) is 11.4. The highest BCUT2D eigenvalue weighted by atomic mass is 32.2. The molecule has 2 rings (SSSR count). The van der Waals surface area contributed by atoms with Gasteiger partial charge in [0.1, 0.15) is 0 Å². The number of rotatable bonds is 4. The van der Waals surface area contributed by atoms with Crippen molar-refractivity contribution >= 4 is 21.3 Å². The summed E-state index contributed by atoms with van der Waals surface area (Å²) in [5.74, 6) is 0. The van der Waals surface area contributed by atoms with Gasteiger partial charge in [0.2, 0.25) is 10.0 Å². The fourth-order valence-electron chi connectivity index (χ4n) is 2.43. The van der Waals surface area contributed by atoms with Crippen LogP contribution in [0.5, 0.6) is 0 Å². The molecule has 0 spiro atoms. The van der Waals surface area contributed by atoms with Gasteiger partial charge >= 0.3 is 0 Å². The Morgan fingerprint density at radius 2 is 2.11 bits per heavy atom.